The van der Waals surface area contributed by atoms with Crippen molar-refractivity contribution in [2.45, 2.75) is 24.9 Å². The second kappa shape index (κ2) is 14.3. The summed E-state index contributed by atoms with van der Waals surface area (Å²) in [6.07, 6.45) is -0.147. The lowest BCUT2D eigenvalue weighted by Gasteiger charge is -2.04. The molecule has 1 rings (SSSR count). The van der Waals surface area contributed by atoms with E-state index in [1.807, 2.05) is 30.3 Å². The Morgan fingerprint density at radius 1 is 0.808 bits per heavy atom. The predicted octanol–water partition coefficient (Wildman–Crippen LogP) is -1.46. The maximum Gasteiger partial charge on any atom is 0.321 e. The lowest BCUT2D eigenvalue weighted by molar-refractivity contribution is -0.144. The van der Waals surface area contributed by atoms with Crippen LogP contribution in [0, 0.1) is 0 Å². The van der Waals surface area contributed by atoms with Crippen molar-refractivity contribution < 1.29 is 39.6 Å². The van der Waals surface area contributed by atoms with Crippen molar-refractivity contribution in [2.24, 2.45) is 17.2 Å². The fourth-order valence-electron chi connectivity index (χ4n) is 1.23. The van der Waals surface area contributed by atoms with E-state index in [9.17, 15) is 19.2 Å². The Kier molecular flexibility index (Phi) is 13.9. The molecule has 0 saturated heterocycles. The Hall–Kier alpha value is -3.02. The number of carboxylic acids is 4. The molecule has 2 atom stereocenters. The normalized spacial score (nSPS) is 11.5. The van der Waals surface area contributed by atoms with E-state index in [1.54, 1.807) is 0 Å². The molecule has 0 radical (unpaired) electrons. The minimum Gasteiger partial charge on any atom is -0.481 e. The second-order valence-corrected chi connectivity index (χ2v) is 4.77. The van der Waals surface area contributed by atoms with Crippen LogP contribution >= 0.6 is 0 Å². The van der Waals surface area contributed by atoms with Crippen molar-refractivity contribution in [3.05, 3.63) is 35.9 Å². The van der Waals surface area contributed by atoms with E-state index in [2.05, 4.69) is 5.73 Å². The summed E-state index contributed by atoms with van der Waals surface area (Å²) in [6, 6.07) is 7.25. The van der Waals surface area contributed by atoms with Gasteiger partial charge in [-0.2, -0.15) is 0 Å². The van der Waals surface area contributed by atoms with Gasteiger partial charge in [-0.25, -0.2) is 0 Å². The Morgan fingerprint density at radius 2 is 1.23 bits per heavy atom. The van der Waals surface area contributed by atoms with Crippen LogP contribution in [0.1, 0.15) is 12.0 Å². The van der Waals surface area contributed by atoms with Crippen LogP contribution in [0.4, 0.5) is 0 Å². The van der Waals surface area contributed by atoms with Gasteiger partial charge in [0, 0.05) is 0 Å². The quantitative estimate of drug-likeness (QED) is 0.292. The average Bonchev–Trinajstić information content (AvgIpc) is 2.56. The first-order valence-electron chi connectivity index (χ1n) is 7.15. The molecule has 0 aliphatic rings. The first-order chi connectivity index (χ1) is 12.0. The molecule has 0 aromatic heterocycles. The summed E-state index contributed by atoms with van der Waals surface area (Å²) in [7, 11) is 0. The zero-order valence-corrected chi connectivity index (χ0v) is 13.8. The number of benzene rings is 1. The Labute approximate surface area is 149 Å². The third kappa shape index (κ3) is 15.9. The minimum absolute atomic E-state index is 0.278. The highest BCUT2D eigenvalue weighted by Crippen LogP contribution is 2.01. The van der Waals surface area contributed by atoms with Crippen molar-refractivity contribution in [1.29, 1.82) is 0 Å². The van der Waals surface area contributed by atoms with Crippen LogP contribution in [0.25, 0.3) is 0 Å². The summed E-state index contributed by atoms with van der Waals surface area (Å²) < 4.78 is 0. The molecule has 146 valence electrons. The molecule has 11 heteroatoms. The van der Waals surface area contributed by atoms with Gasteiger partial charge in [-0.15, -0.1) is 0 Å². The van der Waals surface area contributed by atoms with Gasteiger partial charge in [0.05, 0.1) is 13.0 Å². The molecule has 0 aliphatic heterocycles. The standard InChI is InChI=1S/C9H11NO2.C4H7NO4.C2H5NO2/c10-8(9(11)12)6-7-4-2-1-3-5-7;5-2(4(8)9)1-3(6)7;3-1-2(4)5/h1-5,8H,6,10H2,(H,11,12);2H,1,5H2,(H,6,7)(H,8,9);1,3H2,(H,4,5)/t8-;2-;/m00./s1. The number of carbonyl (C=O) groups is 4. The van der Waals surface area contributed by atoms with Gasteiger partial charge in [-0.1, -0.05) is 30.3 Å². The molecule has 1 aromatic rings. The van der Waals surface area contributed by atoms with Crippen LogP contribution in [0.2, 0.25) is 0 Å². The second-order valence-electron chi connectivity index (χ2n) is 4.77. The van der Waals surface area contributed by atoms with Crippen molar-refractivity contribution in [3.8, 4) is 0 Å². The monoisotopic (exact) mass is 373 g/mol. The molecule has 0 unspecified atom stereocenters. The van der Waals surface area contributed by atoms with Gasteiger partial charge < -0.3 is 37.6 Å². The number of hydrogen-bond acceptors (Lipinski definition) is 7. The van der Waals surface area contributed by atoms with Gasteiger partial charge in [-0.3, -0.25) is 19.2 Å². The molecular weight excluding hydrogens is 350 g/mol. The van der Waals surface area contributed by atoms with Crippen molar-refractivity contribution >= 4 is 23.9 Å². The molecule has 10 N–H and O–H groups in total. The summed E-state index contributed by atoms with van der Waals surface area (Å²) in [6.45, 7) is -0.278. The number of nitrogens with two attached hydrogens (primary N) is 3. The lowest BCUT2D eigenvalue weighted by atomic mass is 10.1. The van der Waals surface area contributed by atoms with Crippen LogP contribution in [0.15, 0.2) is 30.3 Å². The van der Waals surface area contributed by atoms with Gasteiger partial charge in [-0.05, 0) is 12.0 Å². The molecule has 26 heavy (non-hydrogen) atoms. The predicted molar refractivity (Wildman–Crippen MR) is 90.3 cm³/mol. The van der Waals surface area contributed by atoms with Gasteiger partial charge in [0.25, 0.3) is 0 Å². The summed E-state index contributed by atoms with van der Waals surface area (Å²) in [4.78, 5) is 39.2. The van der Waals surface area contributed by atoms with E-state index < -0.39 is 42.4 Å². The molecule has 0 bridgehead atoms. The van der Waals surface area contributed by atoms with Gasteiger partial charge in [0.1, 0.15) is 12.1 Å². The molecule has 11 nitrogen and oxygen atoms in total. The Morgan fingerprint density at radius 3 is 1.50 bits per heavy atom. The largest absolute Gasteiger partial charge is 0.481 e. The Balaban J connectivity index is 0. The van der Waals surface area contributed by atoms with Gasteiger partial charge >= 0.3 is 23.9 Å². The lowest BCUT2D eigenvalue weighted by Crippen LogP contribution is -2.32. The number of aliphatic carboxylic acids is 4. The van der Waals surface area contributed by atoms with Gasteiger partial charge in [0.2, 0.25) is 0 Å². The summed E-state index contributed by atoms with van der Waals surface area (Å²) in [5.74, 6) is -4.42. The van der Waals surface area contributed by atoms with Crippen LogP contribution < -0.4 is 17.2 Å². The number of carboxylic acid groups (broad SMARTS) is 4. The zero-order valence-electron chi connectivity index (χ0n) is 13.8. The molecule has 0 heterocycles. The smallest absolute Gasteiger partial charge is 0.321 e. The maximum absolute atomic E-state index is 10.4. The van der Waals surface area contributed by atoms with E-state index >= 15 is 0 Å². The Bertz CT molecular complexity index is 580. The molecule has 0 aliphatic carbocycles. The number of rotatable bonds is 7. The van der Waals surface area contributed by atoms with Crippen LogP contribution in [0.5, 0.6) is 0 Å². The fraction of sp³-hybridized carbons (Fsp3) is 0.333. The van der Waals surface area contributed by atoms with E-state index in [1.165, 1.54) is 0 Å². The third-order valence-electron chi connectivity index (χ3n) is 2.50. The molecular formula is C15H23N3O8. The van der Waals surface area contributed by atoms with E-state index in [-0.39, 0.29) is 6.54 Å². The summed E-state index contributed by atoms with van der Waals surface area (Å²) >= 11 is 0. The average molecular weight is 373 g/mol. The summed E-state index contributed by atoms with van der Waals surface area (Å²) in [5, 5.41) is 32.1. The number of hydrogen-bond donors (Lipinski definition) is 7. The van der Waals surface area contributed by atoms with Crippen molar-refractivity contribution in [2.75, 3.05) is 6.54 Å². The van der Waals surface area contributed by atoms with E-state index in [0.29, 0.717) is 6.42 Å². The topological polar surface area (TPSA) is 227 Å². The van der Waals surface area contributed by atoms with Crippen LogP contribution in [-0.2, 0) is 25.6 Å². The highest BCUT2D eigenvalue weighted by atomic mass is 16.4. The molecule has 0 saturated carbocycles. The van der Waals surface area contributed by atoms with Crippen LogP contribution in [-0.4, -0.2) is 62.9 Å². The van der Waals surface area contributed by atoms with Crippen LogP contribution in [0.3, 0.4) is 0 Å². The highest BCUT2D eigenvalue weighted by molar-refractivity contribution is 5.80. The van der Waals surface area contributed by atoms with Crippen molar-refractivity contribution in [1.82, 2.24) is 0 Å². The maximum atomic E-state index is 10.4. The molecule has 0 fully saturated rings. The SMILES string of the molecule is NCC(=O)O.N[C@@H](CC(=O)O)C(=O)O.N[C@@H](Cc1ccccc1)C(=O)O. The third-order valence-corrected chi connectivity index (χ3v) is 2.50. The molecule has 1 aromatic carbocycles. The highest BCUT2D eigenvalue weighted by Gasteiger charge is 2.14. The van der Waals surface area contributed by atoms with E-state index in [0.717, 1.165) is 5.56 Å². The molecule has 0 spiro atoms. The minimum atomic E-state index is -1.29. The first kappa shape index (κ1) is 25.2. The summed E-state index contributed by atoms with van der Waals surface area (Å²) in [5.41, 5.74) is 15.7. The van der Waals surface area contributed by atoms with Gasteiger partial charge in [0.15, 0.2) is 0 Å². The first-order valence-corrected chi connectivity index (χ1v) is 7.15. The van der Waals surface area contributed by atoms with Crippen molar-refractivity contribution in [3.63, 3.8) is 0 Å². The fourth-order valence-corrected chi connectivity index (χ4v) is 1.23. The van der Waals surface area contributed by atoms with E-state index in [4.69, 9.17) is 31.9 Å². The zero-order chi connectivity index (χ0) is 20.7. The molecule has 0 amide bonds.